The molecule has 0 unspecified atom stereocenters. The predicted octanol–water partition coefficient (Wildman–Crippen LogP) is 4.05. The Labute approximate surface area is 195 Å². The van der Waals surface area contributed by atoms with Crippen LogP contribution in [0.3, 0.4) is 0 Å². The third kappa shape index (κ3) is 6.68. The lowest BCUT2D eigenvalue weighted by atomic mass is 9.97. The highest BCUT2D eigenvalue weighted by molar-refractivity contribution is 7.19. The molecule has 0 bridgehead atoms. The van der Waals surface area contributed by atoms with Gasteiger partial charge in [0.25, 0.3) is 0 Å². The number of nitrogens with one attached hydrogen (secondary N) is 2. The van der Waals surface area contributed by atoms with E-state index in [1.807, 2.05) is 50.2 Å². The average Bonchev–Trinajstić information content (AvgIpc) is 3.18. The maximum absolute atomic E-state index is 12.6. The summed E-state index contributed by atoms with van der Waals surface area (Å²) in [7, 11) is 3.84. The molecule has 0 aliphatic rings. The largest absolute Gasteiger partial charge is 0.306 e. The molecule has 0 fully saturated rings. The third-order valence-electron chi connectivity index (χ3n) is 4.43. The second-order valence-corrected chi connectivity index (χ2v) is 8.91. The molecule has 0 saturated carbocycles. The van der Waals surface area contributed by atoms with E-state index in [2.05, 4.69) is 25.6 Å². The zero-order valence-electron chi connectivity index (χ0n) is 17.9. The van der Waals surface area contributed by atoms with Gasteiger partial charge in [-0.2, -0.15) is 0 Å². The number of thiazole rings is 1. The van der Waals surface area contributed by atoms with E-state index in [0.29, 0.717) is 27.5 Å². The number of benzene rings is 1. The van der Waals surface area contributed by atoms with Crippen molar-refractivity contribution in [3.05, 3.63) is 64.9 Å². The van der Waals surface area contributed by atoms with Crippen LogP contribution in [-0.4, -0.2) is 52.3 Å². The molecule has 2 heterocycles. The molecule has 166 valence electrons. The van der Waals surface area contributed by atoms with Crippen molar-refractivity contribution < 1.29 is 9.59 Å². The molecule has 0 saturated heterocycles. The second kappa shape index (κ2) is 10.9. The standard InChI is InChI=1S/C22H23ClN6O2S/c1-14(21(31)28-22-26-12-18(23)32-22)15-6-4-7-16(10-15)17-11-25-19(13-24-17)27-20(30)8-5-9-29(2)3/h4-8,10-14H,9H2,1-3H3,(H,25,27,30)(H,26,28,31)/b8-5+/t14-/m0/s1. The lowest BCUT2D eigenvalue weighted by Gasteiger charge is -2.12. The molecule has 8 nitrogen and oxygen atoms in total. The molecular weight excluding hydrogens is 448 g/mol. The van der Waals surface area contributed by atoms with Crippen LogP contribution in [0.4, 0.5) is 10.9 Å². The highest BCUT2D eigenvalue weighted by Gasteiger charge is 2.17. The van der Waals surface area contributed by atoms with Crippen LogP contribution in [0.5, 0.6) is 0 Å². The van der Waals surface area contributed by atoms with Gasteiger partial charge >= 0.3 is 0 Å². The van der Waals surface area contributed by atoms with Gasteiger partial charge in [-0.15, -0.1) is 0 Å². The average molecular weight is 471 g/mol. The summed E-state index contributed by atoms with van der Waals surface area (Å²) < 4.78 is 0.512. The fourth-order valence-electron chi connectivity index (χ4n) is 2.72. The summed E-state index contributed by atoms with van der Waals surface area (Å²) in [6.07, 6.45) is 7.81. The van der Waals surface area contributed by atoms with Gasteiger partial charge in [0.15, 0.2) is 10.9 Å². The molecule has 0 aliphatic carbocycles. The molecule has 1 aromatic carbocycles. The molecule has 2 N–H and O–H groups in total. The molecule has 0 spiro atoms. The van der Waals surface area contributed by atoms with Crippen LogP contribution in [0.2, 0.25) is 4.34 Å². The molecule has 10 heteroatoms. The van der Waals surface area contributed by atoms with Crippen LogP contribution in [-0.2, 0) is 9.59 Å². The summed E-state index contributed by atoms with van der Waals surface area (Å²) in [5, 5.41) is 5.91. The van der Waals surface area contributed by atoms with Gasteiger partial charge in [-0.05, 0) is 32.6 Å². The van der Waals surface area contributed by atoms with Crippen LogP contribution in [0.25, 0.3) is 11.3 Å². The van der Waals surface area contributed by atoms with E-state index in [1.165, 1.54) is 29.8 Å². The Balaban J connectivity index is 1.66. The minimum absolute atomic E-state index is 0.181. The van der Waals surface area contributed by atoms with Gasteiger partial charge in [-0.3, -0.25) is 14.6 Å². The first-order valence-corrected chi connectivity index (χ1v) is 11.0. The Kier molecular flexibility index (Phi) is 8.04. The topological polar surface area (TPSA) is 100 Å². The first-order chi connectivity index (χ1) is 15.3. The maximum atomic E-state index is 12.6. The van der Waals surface area contributed by atoms with E-state index in [-0.39, 0.29) is 11.8 Å². The molecule has 2 amide bonds. The Morgan fingerprint density at radius 1 is 1.16 bits per heavy atom. The van der Waals surface area contributed by atoms with Gasteiger partial charge in [0.2, 0.25) is 11.8 Å². The zero-order valence-corrected chi connectivity index (χ0v) is 19.4. The number of aromatic nitrogens is 3. The molecule has 3 aromatic rings. The van der Waals surface area contributed by atoms with Crippen LogP contribution >= 0.6 is 22.9 Å². The highest BCUT2D eigenvalue weighted by Crippen LogP contribution is 2.26. The molecule has 0 radical (unpaired) electrons. The van der Waals surface area contributed by atoms with Crippen molar-refractivity contribution in [2.75, 3.05) is 31.3 Å². The first-order valence-electron chi connectivity index (χ1n) is 9.78. The van der Waals surface area contributed by atoms with Crippen molar-refractivity contribution in [1.82, 2.24) is 19.9 Å². The fraction of sp³-hybridized carbons (Fsp3) is 0.227. The molecule has 3 rings (SSSR count). The Bertz CT molecular complexity index is 1110. The normalized spacial score (nSPS) is 12.2. The lowest BCUT2D eigenvalue weighted by molar-refractivity contribution is -0.117. The minimum Gasteiger partial charge on any atom is -0.306 e. The van der Waals surface area contributed by atoms with Gasteiger partial charge in [-0.1, -0.05) is 47.2 Å². The summed E-state index contributed by atoms with van der Waals surface area (Å²) in [4.78, 5) is 39.2. The zero-order chi connectivity index (χ0) is 23.1. The van der Waals surface area contributed by atoms with Crippen LogP contribution < -0.4 is 10.6 Å². The van der Waals surface area contributed by atoms with Crippen molar-refractivity contribution in [2.45, 2.75) is 12.8 Å². The van der Waals surface area contributed by atoms with E-state index < -0.39 is 5.92 Å². The first kappa shape index (κ1) is 23.5. The Morgan fingerprint density at radius 2 is 1.97 bits per heavy atom. The molecule has 1 atom stereocenters. The number of halogens is 1. The van der Waals surface area contributed by atoms with Crippen LogP contribution in [0.1, 0.15) is 18.4 Å². The van der Waals surface area contributed by atoms with Crippen molar-refractivity contribution >= 4 is 45.7 Å². The van der Waals surface area contributed by atoms with E-state index >= 15 is 0 Å². The maximum Gasteiger partial charge on any atom is 0.249 e. The SMILES string of the molecule is C[C@H](C(=O)Nc1ncc(Cl)s1)c1cccc(-c2cnc(NC(=O)/C=C/CN(C)C)cn2)c1. The smallest absolute Gasteiger partial charge is 0.249 e. The van der Waals surface area contributed by atoms with Gasteiger partial charge < -0.3 is 15.5 Å². The number of amides is 2. The summed E-state index contributed by atoms with van der Waals surface area (Å²) >= 11 is 7.07. The van der Waals surface area contributed by atoms with Crippen LogP contribution in [0, 0.1) is 0 Å². The fourth-order valence-corrected chi connectivity index (χ4v) is 3.54. The van der Waals surface area contributed by atoms with Gasteiger partial charge in [-0.25, -0.2) is 9.97 Å². The number of anilines is 2. The van der Waals surface area contributed by atoms with E-state index in [9.17, 15) is 9.59 Å². The summed E-state index contributed by atoms with van der Waals surface area (Å²) in [5.74, 6) is -0.491. The summed E-state index contributed by atoms with van der Waals surface area (Å²) in [6, 6.07) is 7.53. The lowest BCUT2D eigenvalue weighted by Crippen LogP contribution is -2.18. The number of nitrogens with zero attached hydrogens (tertiary/aromatic N) is 4. The van der Waals surface area contributed by atoms with Crippen molar-refractivity contribution in [3.63, 3.8) is 0 Å². The van der Waals surface area contributed by atoms with Gasteiger partial charge in [0.1, 0.15) is 4.34 Å². The summed E-state index contributed by atoms with van der Waals surface area (Å²) in [6.45, 7) is 2.49. The van der Waals surface area contributed by atoms with Gasteiger partial charge in [0, 0.05) is 18.2 Å². The molecular formula is C22H23ClN6O2S. The number of carbonyl (C=O) groups excluding carboxylic acids is 2. The van der Waals surface area contributed by atoms with Gasteiger partial charge in [0.05, 0.1) is 30.2 Å². The number of hydrogen-bond acceptors (Lipinski definition) is 7. The number of hydrogen-bond donors (Lipinski definition) is 2. The van der Waals surface area contributed by atoms with Crippen molar-refractivity contribution in [3.8, 4) is 11.3 Å². The Morgan fingerprint density at radius 3 is 2.62 bits per heavy atom. The second-order valence-electron chi connectivity index (χ2n) is 7.25. The molecule has 0 aliphatic heterocycles. The van der Waals surface area contributed by atoms with E-state index in [4.69, 9.17) is 11.6 Å². The number of likely N-dealkylation sites (N-methyl/N-ethyl adjacent to an activating group) is 1. The Hall–Kier alpha value is -3.14. The van der Waals surface area contributed by atoms with Crippen molar-refractivity contribution in [1.29, 1.82) is 0 Å². The highest BCUT2D eigenvalue weighted by atomic mass is 35.5. The third-order valence-corrected chi connectivity index (χ3v) is 5.46. The van der Waals surface area contributed by atoms with E-state index in [0.717, 1.165) is 11.1 Å². The van der Waals surface area contributed by atoms with Crippen molar-refractivity contribution in [2.24, 2.45) is 0 Å². The summed E-state index contributed by atoms with van der Waals surface area (Å²) in [5.41, 5.74) is 2.27. The molecule has 32 heavy (non-hydrogen) atoms. The monoisotopic (exact) mass is 470 g/mol. The van der Waals surface area contributed by atoms with Crippen LogP contribution in [0.15, 0.2) is 55.0 Å². The predicted molar refractivity (Wildman–Crippen MR) is 128 cm³/mol. The van der Waals surface area contributed by atoms with E-state index in [1.54, 1.807) is 12.3 Å². The quantitative estimate of drug-likeness (QED) is 0.482. The number of rotatable bonds is 8. The minimum atomic E-state index is -0.405. The number of carbonyl (C=O) groups is 2. The molecule has 2 aromatic heterocycles.